The summed E-state index contributed by atoms with van der Waals surface area (Å²) in [5, 5.41) is 5.81. The fraction of sp³-hybridized carbons (Fsp3) is 0.273. The number of ether oxygens (including phenoxy) is 1. The summed E-state index contributed by atoms with van der Waals surface area (Å²) < 4.78 is 4.98. The highest BCUT2D eigenvalue weighted by molar-refractivity contribution is 6.30. The van der Waals surface area contributed by atoms with Crippen LogP contribution in [0.25, 0.3) is 0 Å². The topological polar surface area (TPSA) is 67.4 Å². The molecule has 0 aliphatic carbocycles. The van der Waals surface area contributed by atoms with Gasteiger partial charge in [0.2, 0.25) is 11.8 Å². The van der Waals surface area contributed by atoms with E-state index in [9.17, 15) is 9.59 Å². The maximum Gasteiger partial charge on any atom is 0.249 e. The second kappa shape index (κ2) is 5.16. The molecule has 1 unspecified atom stereocenters. The zero-order chi connectivity index (χ0) is 12.3. The van der Waals surface area contributed by atoms with Crippen LogP contribution in [0.2, 0.25) is 5.02 Å². The minimum absolute atomic E-state index is 0.00469. The number of anilines is 1. The lowest BCUT2D eigenvalue weighted by molar-refractivity contribution is -0.136. The Labute approximate surface area is 103 Å². The monoisotopic (exact) mass is 254 g/mol. The third-order valence-corrected chi connectivity index (χ3v) is 2.53. The molecule has 1 fully saturated rings. The number of hydrogen-bond donors (Lipinski definition) is 2. The van der Waals surface area contributed by atoms with Crippen LogP contribution in [0.3, 0.4) is 0 Å². The van der Waals surface area contributed by atoms with Gasteiger partial charge in [0.25, 0.3) is 0 Å². The largest absolute Gasteiger partial charge is 0.369 e. The maximum absolute atomic E-state index is 11.8. The first-order valence-electron chi connectivity index (χ1n) is 5.09. The van der Waals surface area contributed by atoms with E-state index in [4.69, 9.17) is 16.3 Å². The second-order valence-corrected chi connectivity index (χ2v) is 4.07. The van der Waals surface area contributed by atoms with E-state index in [1.165, 1.54) is 0 Å². The second-order valence-electron chi connectivity index (χ2n) is 3.63. The number of morpholine rings is 1. The molecule has 0 aromatic heterocycles. The molecule has 0 spiro atoms. The summed E-state index contributed by atoms with van der Waals surface area (Å²) in [6.45, 7) is 0.190. The Balaban J connectivity index is 1.96. The van der Waals surface area contributed by atoms with Crippen molar-refractivity contribution in [3.05, 3.63) is 29.3 Å². The Morgan fingerprint density at radius 3 is 2.76 bits per heavy atom. The Bertz CT molecular complexity index is 433. The lowest BCUT2D eigenvalue weighted by Gasteiger charge is -2.22. The highest BCUT2D eigenvalue weighted by Gasteiger charge is 2.25. The van der Waals surface area contributed by atoms with Gasteiger partial charge in [0.05, 0.1) is 6.61 Å². The van der Waals surface area contributed by atoms with Crippen LogP contribution in [0.5, 0.6) is 0 Å². The molecule has 1 atom stereocenters. The molecule has 5 nitrogen and oxygen atoms in total. The smallest absolute Gasteiger partial charge is 0.249 e. The first-order chi connectivity index (χ1) is 8.15. The molecule has 0 bridgehead atoms. The molecule has 1 aliphatic heterocycles. The molecule has 90 valence electrons. The quantitative estimate of drug-likeness (QED) is 0.820. The van der Waals surface area contributed by atoms with Crippen LogP contribution in [-0.4, -0.2) is 31.1 Å². The van der Waals surface area contributed by atoms with E-state index < -0.39 is 6.04 Å². The van der Waals surface area contributed by atoms with E-state index in [1.807, 2.05) is 0 Å². The average molecular weight is 255 g/mol. The van der Waals surface area contributed by atoms with Gasteiger partial charge < -0.3 is 15.4 Å². The standard InChI is InChI=1S/C11H11ClN2O3/c12-7-1-3-8(4-2-7)13-11(16)9-5-17-6-10(15)14-9/h1-4,9H,5-6H2,(H,13,16)(H,14,15). The van der Waals surface area contributed by atoms with Gasteiger partial charge in [0, 0.05) is 10.7 Å². The predicted octanol–water partition coefficient (Wildman–Crippen LogP) is 0.793. The number of carbonyl (C=O) groups excluding carboxylic acids is 2. The normalized spacial score (nSPS) is 19.6. The van der Waals surface area contributed by atoms with Gasteiger partial charge in [0.1, 0.15) is 12.6 Å². The molecule has 2 N–H and O–H groups in total. The molecule has 2 rings (SSSR count). The van der Waals surface area contributed by atoms with Crippen LogP contribution < -0.4 is 10.6 Å². The summed E-state index contributed by atoms with van der Waals surface area (Å²) in [4.78, 5) is 22.8. The lowest BCUT2D eigenvalue weighted by atomic mass is 10.2. The van der Waals surface area contributed by atoms with E-state index >= 15 is 0 Å². The molecule has 6 heteroatoms. The Morgan fingerprint density at radius 2 is 2.12 bits per heavy atom. The summed E-state index contributed by atoms with van der Waals surface area (Å²) >= 11 is 5.73. The number of rotatable bonds is 2. The third-order valence-electron chi connectivity index (χ3n) is 2.28. The Kier molecular flexibility index (Phi) is 3.61. The van der Waals surface area contributed by atoms with Crippen molar-refractivity contribution in [3.63, 3.8) is 0 Å². The number of nitrogens with one attached hydrogen (secondary N) is 2. The summed E-state index contributed by atoms with van der Waals surface area (Å²) in [5.41, 5.74) is 0.624. The zero-order valence-electron chi connectivity index (χ0n) is 8.90. The van der Waals surface area contributed by atoms with Crippen LogP contribution in [0.1, 0.15) is 0 Å². The molecule has 1 aromatic rings. The van der Waals surface area contributed by atoms with E-state index in [1.54, 1.807) is 24.3 Å². The fourth-order valence-electron chi connectivity index (χ4n) is 1.45. The molecule has 1 saturated heterocycles. The first kappa shape index (κ1) is 11.9. The van der Waals surface area contributed by atoms with Crippen LogP contribution in [0.15, 0.2) is 24.3 Å². The molecule has 1 heterocycles. The van der Waals surface area contributed by atoms with Crippen molar-refractivity contribution < 1.29 is 14.3 Å². The molecule has 2 amide bonds. The number of halogens is 1. The molecule has 0 saturated carbocycles. The van der Waals surface area contributed by atoms with Crippen molar-refractivity contribution in [2.45, 2.75) is 6.04 Å². The predicted molar refractivity (Wildman–Crippen MR) is 62.8 cm³/mol. The van der Waals surface area contributed by atoms with Gasteiger partial charge >= 0.3 is 0 Å². The first-order valence-corrected chi connectivity index (χ1v) is 5.46. The van der Waals surface area contributed by atoms with Gasteiger partial charge in [0.15, 0.2) is 0 Å². The third kappa shape index (κ3) is 3.18. The van der Waals surface area contributed by atoms with Crippen LogP contribution in [-0.2, 0) is 14.3 Å². The van der Waals surface area contributed by atoms with Crippen molar-refractivity contribution in [1.29, 1.82) is 0 Å². The van der Waals surface area contributed by atoms with Crippen LogP contribution in [0.4, 0.5) is 5.69 Å². The van der Waals surface area contributed by atoms with Gasteiger partial charge in [-0.1, -0.05) is 11.6 Å². The highest BCUT2D eigenvalue weighted by Crippen LogP contribution is 2.13. The van der Waals surface area contributed by atoms with Gasteiger partial charge in [-0.25, -0.2) is 0 Å². The van der Waals surface area contributed by atoms with Crippen LogP contribution in [0, 0.1) is 0 Å². The number of hydrogen-bond acceptors (Lipinski definition) is 3. The van der Waals surface area contributed by atoms with E-state index in [0.717, 1.165) is 0 Å². The Morgan fingerprint density at radius 1 is 1.41 bits per heavy atom. The summed E-state index contributed by atoms with van der Waals surface area (Å²) in [5.74, 6) is -0.590. The van der Waals surface area contributed by atoms with E-state index in [2.05, 4.69) is 10.6 Å². The van der Waals surface area contributed by atoms with Crippen molar-refractivity contribution in [1.82, 2.24) is 5.32 Å². The molecule has 1 aromatic carbocycles. The van der Waals surface area contributed by atoms with Gasteiger partial charge in [-0.05, 0) is 24.3 Å². The fourth-order valence-corrected chi connectivity index (χ4v) is 1.58. The van der Waals surface area contributed by atoms with Gasteiger partial charge in [-0.15, -0.1) is 0 Å². The van der Waals surface area contributed by atoms with Crippen molar-refractivity contribution in [3.8, 4) is 0 Å². The SMILES string of the molecule is O=C1COCC(C(=O)Nc2ccc(Cl)cc2)N1. The highest BCUT2D eigenvalue weighted by atomic mass is 35.5. The number of amides is 2. The minimum atomic E-state index is -0.646. The summed E-state index contributed by atoms with van der Waals surface area (Å²) in [7, 11) is 0. The molecule has 1 aliphatic rings. The van der Waals surface area contributed by atoms with Crippen molar-refractivity contribution in [2.75, 3.05) is 18.5 Å². The van der Waals surface area contributed by atoms with Crippen molar-refractivity contribution in [2.24, 2.45) is 0 Å². The van der Waals surface area contributed by atoms with E-state index in [-0.39, 0.29) is 25.0 Å². The minimum Gasteiger partial charge on any atom is -0.369 e. The zero-order valence-corrected chi connectivity index (χ0v) is 9.66. The molecule has 0 radical (unpaired) electrons. The van der Waals surface area contributed by atoms with Gasteiger partial charge in [-0.2, -0.15) is 0 Å². The number of carbonyl (C=O) groups is 2. The summed E-state index contributed by atoms with van der Waals surface area (Å²) in [6.07, 6.45) is 0. The van der Waals surface area contributed by atoms with Gasteiger partial charge in [-0.3, -0.25) is 9.59 Å². The van der Waals surface area contributed by atoms with Crippen LogP contribution >= 0.6 is 11.6 Å². The lowest BCUT2D eigenvalue weighted by Crippen LogP contribution is -2.51. The number of benzene rings is 1. The Hall–Kier alpha value is -1.59. The van der Waals surface area contributed by atoms with E-state index in [0.29, 0.717) is 10.7 Å². The maximum atomic E-state index is 11.8. The molecular formula is C11H11ClN2O3. The molecular weight excluding hydrogens is 244 g/mol. The molecule has 17 heavy (non-hydrogen) atoms. The van der Waals surface area contributed by atoms with Crippen molar-refractivity contribution >= 4 is 29.1 Å². The summed E-state index contributed by atoms with van der Waals surface area (Å²) in [6, 6.07) is 6.07. The average Bonchev–Trinajstić information content (AvgIpc) is 2.32.